The van der Waals surface area contributed by atoms with E-state index in [0.29, 0.717) is 29.7 Å². The molecule has 100 valence electrons. The van der Waals surface area contributed by atoms with E-state index in [-0.39, 0.29) is 14.2 Å². The number of thiophene rings is 1. The highest BCUT2D eigenvalue weighted by Crippen LogP contribution is 2.38. The van der Waals surface area contributed by atoms with E-state index in [4.69, 9.17) is 11.6 Å². The number of nitro groups is 1. The second kappa shape index (κ2) is 4.76. The van der Waals surface area contributed by atoms with Crippen LogP contribution in [0.15, 0.2) is 10.3 Å². The zero-order chi connectivity index (χ0) is 13.5. The number of halogens is 1. The van der Waals surface area contributed by atoms with Crippen molar-refractivity contribution in [3.8, 4) is 0 Å². The predicted molar refractivity (Wildman–Crippen MR) is 68.4 cm³/mol. The van der Waals surface area contributed by atoms with Crippen LogP contribution in [0.3, 0.4) is 0 Å². The Balaban J connectivity index is 2.14. The first-order valence-corrected chi connectivity index (χ1v) is 7.92. The second-order valence-corrected chi connectivity index (χ2v) is 7.95. The van der Waals surface area contributed by atoms with Crippen molar-refractivity contribution in [1.29, 1.82) is 0 Å². The van der Waals surface area contributed by atoms with Crippen LogP contribution in [0, 0.1) is 22.0 Å². The van der Waals surface area contributed by atoms with Crippen LogP contribution < -0.4 is 4.72 Å². The lowest BCUT2D eigenvalue weighted by Gasteiger charge is -2.02. The molecule has 1 aliphatic rings. The predicted octanol–water partition coefficient (Wildman–Crippen LogP) is 2.24. The first kappa shape index (κ1) is 13.7. The van der Waals surface area contributed by atoms with E-state index in [9.17, 15) is 18.5 Å². The summed E-state index contributed by atoms with van der Waals surface area (Å²) in [4.78, 5) is 9.90. The largest absolute Gasteiger partial charge is 0.300 e. The lowest BCUT2D eigenvalue weighted by atomic mass is 10.3. The molecule has 6 nitrogen and oxygen atoms in total. The van der Waals surface area contributed by atoms with Crippen LogP contribution in [0.2, 0.25) is 4.34 Å². The van der Waals surface area contributed by atoms with E-state index in [1.165, 1.54) is 0 Å². The second-order valence-electron chi connectivity index (χ2n) is 4.31. The van der Waals surface area contributed by atoms with Crippen molar-refractivity contribution in [2.24, 2.45) is 11.8 Å². The van der Waals surface area contributed by atoms with Crippen LogP contribution in [0.25, 0.3) is 0 Å². The van der Waals surface area contributed by atoms with Crippen molar-refractivity contribution in [2.45, 2.75) is 17.6 Å². The molecule has 0 amide bonds. The van der Waals surface area contributed by atoms with Crippen LogP contribution >= 0.6 is 22.9 Å². The number of hydrogen-bond donors (Lipinski definition) is 1. The van der Waals surface area contributed by atoms with Crippen molar-refractivity contribution in [3.63, 3.8) is 0 Å². The average molecular weight is 311 g/mol. The molecule has 0 aliphatic heterocycles. The van der Waals surface area contributed by atoms with E-state index in [1.54, 1.807) is 0 Å². The van der Waals surface area contributed by atoms with Crippen LogP contribution in [0.4, 0.5) is 5.69 Å². The van der Waals surface area contributed by atoms with Crippen LogP contribution in [-0.4, -0.2) is 19.9 Å². The molecule has 1 aromatic heterocycles. The summed E-state index contributed by atoms with van der Waals surface area (Å²) in [7, 11) is -3.69. The molecule has 1 N–H and O–H groups in total. The highest BCUT2D eigenvalue weighted by Gasteiger charge is 2.34. The van der Waals surface area contributed by atoms with Gasteiger partial charge < -0.3 is 0 Å². The molecule has 9 heteroatoms. The van der Waals surface area contributed by atoms with Crippen molar-refractivity contribution in [2.75, 3.05) is 6.54 Å². The Morgan fingerprint density at radius 1 is 1.67 bits per heavy atom. The first-order valence-electron chi connectivity index (χ1n) is 5.24. The maximum absolute atomic E-state index is 11.9. The summed E-state index contributed by atoms with van der Waals surface area (Å²) in [6.45, 7) is 2.42. The van der Waals surface area contributed by atoms with Gasteiger partial charge in [-0.1, -0.05) is 18.5 Å². The molecule has 1 aromatic rings. The fourth-order valence-corrected chi connectivity index (χ4v) is 4.37. The molecule has 2 atom stereocenters. The fourth-order valence-electron chi connectivity index (χ4n) is 1.57. The summed E-state index contributed by atoms with van der Waals surface area (Å²) in [5.74, 6) is 0.902. The van der Waals surface area contributed by atoms with Gasteiger partial charge in [-0.05, 0) is 18.3 Å². The molecule has 0 saturated heterocycles. The molecular formula is C9H11ClN2O4S2. The van der Waals surface area contributed by atoms with Gasteiger partial charge in [-0.2, -0.15) is 0 Å². The molecule has 0 aromatic carbocycles. The van der Waals surface area contributed by atoms with E-state index < -0.39 is 14.9 Å². The van der Waals surface area contributed by atoms with Gasteiger partial charge >= 0.3 is 0 Å². The topological polar surface area (TPSA) is 89.3 Å². The number of rotatable bonds is 5. The summed E-state index contributed by atoms with van der Waals surface area (Å²) < 4.78 is 26.0. The third-order valence-corrected chi connectivity index (χ3v) is 6.15. The van der Waals surface area contributed by atoms with Gasteiger partial charge in [0.25, 0.3) is 5.69 Å². The first-order chi connectivity index (χ1) is 8.31. The Bertz CT molecular complexity index is 583. The Morgan fingerprint density at radius 3 is 2.72 bits per heavy atom. The van der Waals surface area contributed by atoms with Gasteiger partial charge in [0.05, 0.1) is 4.92 Å². The molecular weight excluding hydrogens is 300 g/mol. The lowest BCUT2D eigenvalue weighted by Crippen LogP contribution is -2.25. The average Bonchev–Trinajstić information content (AvgIpc) is 2.80. The zero-order valence-corrected chi connectivity index (χ0v) is 11.8. The maximum Gasteiger partial charge on any atom is 0.300 e. The molecule has 1 heterocycles. The smallest absolute Gasteiger partial charge is 0.258 e. The zero-order valence-electron chi connectivity index (χ0n) is 9.42. The molecule has 2 rings (SSSR count). The summed E-state index contributed by atoms with van der Waals surface area (Å²) in [5, 5.41) is 10.6. The third kappa shape index (κ3) is 2.82. The van der Waals surface area contributed by atoms with Crippen molar-refractivity contribution >= 4 is 38.6 Å². The molecule has 1 fully saturated rings. The van der Waals surface area contributed by atoms with E-state index >= 15 is 0 Å². The SMILES string of the molecule is CC1CC1CNS(=O)(=O)c1cc([N+](=O)[O-])c(Cl)s1. The van der Waals surface area contributed by atoms with Crippen molar-refractivity contribution in [1.82, 2.24) is 4.72 Å². The van der Waals surface area contributed by atoms with Gasteiger partial charge in [-0.15, -0.1) is 11.3 Å². The molecule has 0 radical (unpaired) electrons. The fraction of sp³-hybridized carbons (Fsp3) is 0.556. The standard InChI is InChI=1S/C9H11ClN2O4S2/c1-5-2-6(5)4-11-18(15,16)8-3-7(12(13)14)9(10)17-8/h3,5-6,11H,2,4H2,1H3. The Hall–Kier alpha value is -0.700. The van der Waals surface area contributed by atoms with E-state index in [1.807, 2.05) is 6.92 Å². The van der Waals surface area contributed by atoms with Gasteiger partial charge in [0.15, 0.2) is 4.34 Å². The molecule has 2 unspecified atom stereocenters. The van der Waals surface area contributed by atoms with Gasteiger partial charge in [0, 0.05) is 12.6 Å². The van der Waals surface area contributed by atoms with Crippen LogP contribution in [-0.2, 0) is 10.0 Å². The summed E-state index contributed by atoms with van der Waals surface area (Å²) in [6, 6.07) is 0.992. The summed E-state index contributed by atoms with van der Waals surface area (Å²) >= 11 is 6.32. The number of nitrogens with one attached hydrogen (secondary N) is 1. The molecule has 1 saturated carbocycles. The van der Waals surface area contributed by atoms with Crippen LogP contribution in [0.5, 0.6) is 0 Å². The third-order valence-electron chi connectivity index (χ3n) is 2.92. The highest BCUT2D eigenvalue weighted by atomic mass is 35.5. The lowest BCUT2D eigenvalue weighted by molar-refractivity contribution is -0.384. The van der Waals surface area contributed by atoms with E-state index in [0.717, 1.165) is 12.5 Å². The Kier molecular flexibility index (Phi) is 3.63. The minimum absolute atomic E-state index is 0.118. The monoisotopic (exact) mass is 310 g/mol. The van der Waals surface area contributed by atoms with Gasteiger partial charge in [0.2, 0.25) is 10.0 Å². The van der Waals surface area contributed by atoms with Gasteiger partial charge in [-0.3, -0.25) is 10.1 Å². The molecule has 0 spiro atoms. The highest BCUT2D eigenvalue weighted by molar-refractivity contribution is 7.91. The van der Waals surface area contributed by atoms with Crippen molar-refractivity contribution in [3.05, 3.63) is 20.5 Å². The molecule has 0 bridgehead atoms. The maximum atomic E-state index is 11.9. The summed E-state index contributed by atoms with van der Waals surface area (Å²) in [6.07, 6.45) is 1.01. The Morgan fingerprint density at radius 2 is 2.28 bits per heavy atom. The number of nitrogens with zero attached hydrogens (tertiary/aromatic N) is 1. The minimum Gasteiger partial charge on any atom is -0.258 e. The number of hydrogen-bond acceptors (Lipinski definition) is 5. The minimum atomic E-state index is -3.69. The molecule has 18 heavy (non-hydrogen) atoms. The summed E-state index contributed by atoms with van der Waals surface area (Å²) in [5.41, 5.74) is -0.373. The van der Waals surface area contributed by atoms with E-state index in [2.05, 4.69) is 4.72 Å². The number of sulfonamides is 1. The Labute approximate surface area is 113 Å². The molecule has 1 aliphatic carbocycles. The van der Waals surface area contributed by atoms with Crippen LogP contribution in [0.1, 0.15) is 13.3 Å². The van der Waals surface area contributed by atoms with Gasteiger partial charge in [0.1, 0.15) is 4.21 Å². The van der Waals surface area contributed by atoms with Gasteiger partial charge in [-0.25, -0.2) is 13.1 Å². The normalized spacial score (nSPS) is 23.0. The quantitative estimate of drug-likeness (QED) is 0.667. The van der Waals surface area contributed by atoms with Crippen molar-refractivity contribution < 1.29 is 13.3 Å².